The molecule has 0 saturated carbocycles. The van der Waals surface area contributed by atoms with Gasteiger partial charge in [-0.2, -0.15) is 0 Å². The number of benzene rings is 1. The summed E-state index contributed by atoms with van der Waals surface area (Å²) in [7, 11) is 0. The molecule has 112 valence electrons. The smallest absolute Gasteiger partial charge is 0.257 e. The summed E-state index contributed by atoms with van der Waals surface area (Å²) in [4.78, 5) is 13.5. The molecule has 1 heterocycles. The van der Waals surface area contributed by atoms with E-state index < -0.39 is 17.5 Å². The second-order valence-electron chi connectivity index (χ2n) is 4.23. The molecular formula is C12H14Cl2F2N2O2. The number of halogens is 4. The molecule has 1 aromatic rings. The molecule has 0 radical (unpaired) electrons. The largest absolute Gasteiger partial charge is 0.373 e. The van der Waals surface area contributed by atoms with Crippen molar-refractivity contribution < 1.29 is 18.3 Å². The molecule has 0 spiro atoms. The molecule has 0 aromatic heterocycles. The van der Waals surface area contributed by atoms with Gasteiger partial charge >= 0.3 is 0 Å². The Labute approximate surface area is 126 Å². The summed E-state index contributed by atoms with van der Waals surface area (Å²) in [5, 5.41) is -0.351. The first-order valence-corrected chi connectivity index (χ1v) is 6.16. The second kappa shape index (κ2) is 7.17. The zero-order chi connectivity index (χ0) is 14.0. The van der Waals surface area contributed by atoms with Crippen molar-refractivity contribution in [3.05, 3.63) is 34.4 Å². The Kier molecular flexibility index (Phi) is 6.13. The van der Waals surface area contributed by atoms with Crippen molar-refractivity contribution in [2.75, 3.05) is 26.2 Å². The van der Waals surface area contributed by atoms with Crippen LogP contribution in [0, 0.1) is 11.6 Å². The molecule has 2 N–H and O–H groups in total. The van der Waals surface area contributed by atoms with Crippen molar-refractivity contribution in [3.8, 4) is 0 Å². The van der Waals surface area contributed by atoms with Crippen LogP contribution in [0.2, 0.25) is 5.02 Å². The number of morpholine rings is 1. The Morgan fingerprint density at radius 3 is 2.80 bits per heavy atom. The zero-order valence-electron chi connectivity index (χ0n) is 10.4. The first-order valence-electron chi connectivity index (χ1n) is 5.78. The lowest BCUT2D eigenvalue weighted by atomic mass is 10.1. The lowest BCUT2D eigenvalue weighted by Gasteiger charge is -2.32. The topological polar surface area (TPSA) is 55.6 Å². The highest BCUT2D eigenvalue weighted by Crippen LogP contribution is 2.21. The Morgan fingerprint density at radius 1 is 1.45 bits per heavy atom. The summed E-state index contributed by atoms with van der Waals surface area (Å²) in [6, 6.07) is 1.61. The molecule has 0 aliphatic carbocycles. The van der Waals surface area contributed by atoms with Crippen LogP contribution in [0.3, 0.4) is 0 Å². The molecule has 8 heteroatoms. The number of rotatable bonds is 2. The van der Waals surface area contributed by atoms with Crippen LogP contribution in [-0.4, -0.2) is 43.2 Å². The normalized spacial score (nSPS) is 18.6. The molecule has 1 aliphatic heterocycles. The van der Waals surface area contributed by atoms with Crippen LogP contribution in [0.1, 0.15) is 10.4 Å². The van der Waals surface area contributed by atoms with Crippen LogP contribution in [0.25, 0.3) is 0 Å². The van der Waals surface area contributed by atoms with Crippen molar-refractivity contribution in [3.63, 3.8) is 0 Å². The molecule has 1 saturated heterocycles. The minimum absolute atomic E-state index is 0. The summed E-state index contributed by atoms with van der Waals surface area (Å²) >= 11 is 5.45. The number of carbonyl (C=O) groups is 1. The SMILES string of the molecule is Cl.NCC1CN(C(=O)c2cc(F)c(Cl)cc2F)CCO1. The molecule has 2 rings (SSSR count). The van der Waals surface area contributed by atoms with Crippen LogP contribution >= 0.6 is 24.0 Å². The maximum atomic E-state index is 13.7. The Hall–Kier alpha value is -0.950. The van der Waals surface area contributed by atoms with E-state index in [-0.39, 0.29) is 42.2 Å². The summed E-state index contributed by atoms with van der Waals surface area (Å²) < 4.78 is 32.3. The third-order valence-corrected chi connectivity index (χ3v) is 3.22. The van der Waals surface area contributed by atoms with Gasteiger partial charge in [-0.15, -0.1) is 12.4 Å². The maximum Gasteiger partial charge on any atom is 0.257 e. The number of carbonyl (C=O) groups excluding carboxylic acids is 1. The Bertz CT molecular complexity index is 503. The molecule has 1 fully saturated rings. The van der Waals surface area contributed by atoms with E-state index in [1.165, 1.54) is 4.90 Å². The average molecular weight is 327 g/mol. The first-order chi connectivity index (χ1) is 9.02. The summed E-state index contributed by atoms with van der Waals surface area (Å²) in [6.07, 6.45) is -0.280. The van der Waals surface area contributed by atoms with Gasteiger partial charge in [-0.25, -0.2) is 8.78 Å². The van der Waals surface area contributed by atoms with E-state index in [2.05, 4.69) is 0 Å². The quantitative estimate of drug-likeness (QED) is 0.844. The lowest BCUT2D eigenvalue weighted by molar-refractivity contribution is -0.0169. The van der Waals surface area contributed by atoms with Crippen molar-refractivity contribution in [1.82, 2.24) is 4.90 Å². The highest BCUT2D eigenvalue weighted by Gasteiger charge is 2.26. The number of nitrogens with zero attached hydrogens (tertiary/aromatic N) is 1. The number of nitrogens with two attached hydrogens (primary N) is 1. The number of ether oxygens (including phenoxy) is 1. The maximum absolute atomic E-state index is 13.7. The van der Waals surface area contributed by atoms with Crippen molar-refractivity contribution in [2.24, 2.45) is 5.73 Å². The predicted molar refractivity (Wildman–Crippen MR) is 73.3 cm³/mol. The molecule has 1 unspecified atom stereocenters. The van der Waals surface area contributed by atoms with Gasteiger partial charge in [0.15, 0.2) is 0 Å². The highest BCUT2D eigenvalue weighted by atomic mass is 35.5. The van der Waals surface area contributed by atoms with Gasteiger partial charge in [-0.3, -0.25) is 4.79 Å². The lowest BCUT2D eigenvalue weighted by Crippen LogP contribution is -2.48. The van der Waals surface area contributed by atoms with Crippen LogP contribution in [0.5, 0.6) is 0 Å². The molecule has 1 aromatic carbocycles. The summed E-state index contributed by atoms with van der Waals surface area (Å²) in [6.45, 7) is 1.17. The van der Waals surface area contributed by atoms with Crippen LogP contribution in [-0.2, 0) is 4.74 Å². The second-order valence-corrected chi connectivity index (χ2v) is 4.63. The van der Waals surface area contributed by atoms with Crippen LogP contribution in [0.15, 0.2) is 12.1 Å². The third-order valence-electron chi connectivity index (χ3n) is 2.93. The third kappa shape index (κ3) is 3.58. The highest BCUT2D eigenvalue weighted by molar-refractivity contribution is 6.30. The van der Waals surface area contributed by atoms with Gasteiger partial charge in [0.25, 0.3) is 5.91 Å². The van der Waals surface area contributed by atoms with Gasteiger partial charge in [-0.1, -0.05) is 11.6 Å². The van der Waals surface area contributed by atoms with E-state index in [9.17, 15) is 13.6 Å². The summed E-state index contributed by atoms with van der Waals surface area (Å²) in [5.74, 6) is -2.25. The van der Waals surface area contributed by atoms with Gasteiger partial charge in [-0.05, 0) is 12.1 Å². The molecular weight excluding hydrogens is 313 g/mol. The molecule has 1 aliphatic rings. The van der Waals surface area contributed by atoms with Crippen LogP contribution < -0.4 is 5.73 Å². The first kappa shape index (κ1) is 17.1. The molecule has 20 heavy (non-hydrogen) atoms. The average Bonchev–Trinajstić information content (AvgIpc) is 2.42. The van der Waals surface area contributed by atoms with Gasteiger partial charge < -0.3 is 15.4 Å². The van der Waals surface area contributed by atoms with E-state index in [0.29, 0.717) is 13.2 Å². The van der Waals surface area contributed by atoms with E-state index in [4.69, 9.17) is 22.1 Å². The predicted octanol–water partition coefficient (Wildman–Crippen LogP) is 1.84. The minimum Gasteiger partial charge on any atom is -0.373 e. The fourth-order valence-corrected chi connectivity index (χ4v) is 2.05. The zero-order valence-corrected chi connectivity index (χ0v) is 12.0. The molecule has 1 amide bonds. The van der Waals surface area contributed by atoms with Crippen molar-refractivity contribution in [1.29, 1.82) is 0 Å². The van der Waals surface area contributed by atoms with E-state index >= 15 is 0 Å². The van der Waals surface area contributed by atoms with Gasteiger partial charge in [0, 0.05) is 19.6 Å². The van der Waals surface area contributed by atoms with Gasteiger partial charge in [0.1, 0.15) is 11.6 Å². The monoisotopic (exact) mass is 326 g/mol. The van der Waals surface area contributed by atoms with E-state index in [1.54, 1.807) is 0 Å². The fourth-order valence-electron chi connectivity index (χ4n) is 1.90. The van der Waals surface area contributed by atoms with Crippen molar-refractivity contribution in [2.45, 2.75) is 6.10 Å². The fraction of sp³-hybridized carbons (Fsp3) is 0.417. The van der Waals surface area contributed by atoms with Crippen molar-refractivity contribution >= 4 is 29.9 Å². The Balaban J connectivity index is 0.00000200. The van der Waals surface area contributed by atoms with E-state index in [1.807, 2.05) is 0 Å². The minimum atomic E-state index is -0.841. The van der Waals surface area contributed by atoms with E-state index in [0.717, 1.165) is 12.1 Å². The molecule has 0 bridgehead atoms. The number of amides is 1. The molecule has 1 atom stereocenters. The van der Waals surface area contributed by atoms with Gasteiger partial charge in [0.2, 0.25) is 0 Å². The number of hydrogen-bond acceptors (Lipinski definition) is 3. The standard InChI is InChI=1S/C12H13ClF2N2O2.ClH/c13-9-4-10(14)8(3-11(9)15)12(18)17-1-2-19-7(5-16)6-17;/h3-4,7H,1-2,5-6,16H2;1H. The molecule has 4 nitrogen and oxygen atoms in total. The van der Waals surface area contributed by atoms with Crippen LogP contribution in [0.4, 0.5) is 8.78 Å². The Morgan fingerprint density at radius 2 is 2.15 bits per heavy atom. The van der Waals surface area contributed by atoms with Gasteiger partial charge in [0.05, 0.1) is 23.3 Å². The number of hydrogen-bond donors (Lipinski definition) is 1. The summed E-state index contributed by atoms with van der Waals surface area (Å²) in [5.41, 5.74) is 5.13.